The van der Waals surface area contributed by atoms with Gasteiger partial charge in [0.25, 0.3) is 0 Å². The predicted octanol–water partition coefficient (Wildman–Crippen LogP) is 0.969. The van der Waals surface area contributed by atoms with Crippen LogP contribution in [0.4, 0.5) is 4.79 Å². The van der Waals surface area contributed by atoms with Crippen molar-refractivity contribution in [2.75, 3.05) is 13.1 Å². The molecule has 17 heavy (non-hydrogen) atoms. The Morgan fingerprint density at radius 3 is 2.59 bits per heavy atom. The fraction of sp³-hybridized carbons (Fsp3) is 0.818. The summed E-state index contributed by atoms with van der Waals surface area (Å²) >= 11 is 0. The number of carbonyl (C=O) groups excluding carboxylic acids is 2. The highest BCUT2D eigenvalue weighted by molar-refractivity contribution is 5.75. The molecule has 0 bridgehead atoms. The van der Waals surface area contributed by atoms with E-state index in [-0.39, 0.29) is 5.92 Å². The van der Waals surface area contributed by atoms with Gasteiger partial charge in [-0.3, -0.25) is 0 Å². The molecule has 1 fully saturated rings. The van der Waals surface area contributed by atoms with Gasteiger partial charge in [0, 0.05) is 6.54 Å². The summed E-state index contributed by atoms with van der Waals surface area (Å²) in [6.07, 6.45) is 0.961. The van der Waals surface area contributed by atoms with Crippen molar-refractivity contribution in [3.63, 3.8) is 0 Å². The van der Waals surface area contributed by atoms with Crippen LogP contribution in [0.3, 0.4) is 0 Å². The van der Waals surface area contributed by atoms with Crippen molar-refractivity contribution in [1.82, 2.24) is 10.8 Å². The van der Waals surface area contributed by atoms with Gasteiger partial charge in [-0.05, 0) is 40.2 Å². The van der Waals surface area contributed by atoms with E-state index in [1.165, 1.54) is 0 Å². The van der Waals surface area contributed by atoms with E-state index in [0.29, 0.717) is 6.54 Å². The third-order valence-electron chi connectivity index (χ3n) is 2.26. The molecule has 0 spiro atoms. The first kappa shape index (κ1) is 13.8. The molecule has 1 aliphatic heterocycles. The molecule has 1 rings (SSSR count). The van der Waals surface area contributed by atoms with Crippen molar-refractivity contribution in [1.29, 1.82) is 0 Å². The Hall–Kier alpha value is -1.30. The average Bonchev–Trinajstić information content (AvgIpc) is 2.25. The van der Waals surface area contributed by atoms with E-state index < -0.39 is 17.7 Å². The molecule has 0 aromatic rings. The Morgan fingerprint density at radius 1 is 1.35 bits per heavy atom. The van der Waals surface area contributed by atoms with E-state index >= 15 is 0 Å². The molecule has 1 unspecified atom stereocenters. The molecule has 1 amide bonds. The fourth-order valence-electron chi connectivity index (χ4n) is 1.53. The number of hydrogen-bond donors (Lipinski definition) is 2. The molecule has 1 saturated heterocycles. The third kappa shape index (κ3) is 5.53. The number of hydrogen-bond acceptors (Lipinski definition) is 5. The van der Waals surface area contributed by atoms with Crippen molar-refractivity contribution in [2.45, 2.75) is 39.2 Å². The summed E-state index contributed by atoms with van der Waals surface area (Å²) < 4.78 is 4.93. The summed E-state index contributed by atoms with van der Waals surface area (Å²) in [5, 5.41) is 3.10. The van der Waals surface area contributed by atoms with Crippen LogP contribution in [0.25, 0.3) is 0 Å². The monoisotopic (exact) mass is 244 g/mol. The quantitative estimate of drug-likeness (QED) is 0.672. The summed E-state index contributed by atoms with van der Waals surface area (Å²) in [5.41, 5.74) is 1.39. The standard InChI is InChI=1S/C11H20N2O4/c1-11(2,3)16-10(15)13-17-9(14)8-5-4-6-12-7-8/h8,12H,4-7H2,1-3H3,(H,13,15). The van der Waals surface area contributed by atoms with Crippen molar-refractivity contribution in [3.05, 3.63) is 0 Å². The molecule has 0 aromatic heterocycles. The van der Waals surface area contributed by atoms with E-state index in [4.69, 9.17) is 4.74 Å². The molecule has 0 radical (unpaired) electrons. The van der Waals surface area contributed by atoms with Crippen molar-refractivity contribution < 1.29 is 19.2 Å². The van der Waals surface area contributed by atoms with Crippen LogP contribution in [0.15, 0.2) is 0 Å². The van der Waals surface area contributed by atoms with Gasteiger partial charge in [0.15, 0.2) is 0 Å². The van der Waals surface area contributed by atoms with Crippen LogP contribution in [-0.2, 0) is 14.4 Å². The van der Waals surface area contributed by atoms with Gasteiger partial charge in [0.1, 0.15) is 5.60 Å². The number of ether oxygens (including phenoxy) is 1. The second-order valence-corrected chi connectivity index (χ2v) is 5.07. The summed E-state index contributed by atoms with van der Waals surface area (Å²) in [7, 11) is 0. The van der Waals surface area contributed by atoms with Gasteiger partial charge in [0.05, 0.1) is 5.92 Å². The number of carbonyl (C=O) groups is 2. The van der Waals surface area contributed by atoms with Crippen LogP contribution in [0, 0.1) is 5.92 Å². The highest BCUT2D eigenvalue weighted by Gasteiger charge is 2.24. The summed E-state index contributed by atoms with van der Waals surface area (Å²) in [5.74, 6) is -0.623. The lowest BCUT2D eigenvalue weighted by Gasteiger charge is -2.22. The Morgan fingerprint density at radius 2 is 2.06 bits per heavy atom. The van der Waals surface area contributed by atoms with E-state index in [9.17, 15) is 9.59 Å². The number of amides is 1. The van der Waals surface area contributed by atoms with Crippen molar-refractivity contribution >= 4 is 12.1 Å². The summed E-state index contributed by atoms with van der Waals surface area (Å²) in [6.45, 7) is 6.72. The number of nitrogens with one attached hydrogen (secondary N) is 2. The molecule has 6 heteroatoms. The maximum Gasteiger partial charge on any atom is 0.441 e. The Bertz CT molecular complexity index is 280. The highest BCUT2D eigenvalue weighted by atomic mass is 16.7. The predicted molar refractivity (Wildman–Crippen MR) is 61.1 cm³/mol. The largest absolute Gasteiger partial charge is 0.442 e. The van der Waals surface area contributed by atoms with Crippen molar-refractivity contribution in [3.8, 4) is 0 Å². The molecule has 1 atom stereocenters. The molecule has 1 heterocycles. The van der Waals surface area contributed by atoms with Gasteiger partial charge in [-0.15, -0.1) is 5.48 Å². The first-order valence-electron chi connectivity index (χ1n) is 5.79. The minimum atomic E-state index is -0.755. The van der Waals surface area contributed by atoms with Crippen LogP contribution in [0.5, 0.6) is 0 Å². The second-order valence-electron chi connectivity index (χ2n) is 5.07. The smallest absolute Gasteiger partial charge is 0.441 e. The Balaban J connectivity index is 2.25. The first-order valence-corrected chi connectivity index (χ1v) is 5.79. The van der Waals surface area contributed by atoms with E-state index in [1.54, 1.807) is 20.8 Å². The highest BCUT2D eigenvalue weighted by Crippen LogP contribution is 2.11. The van der Waals surface area contributed by atoms with E-state index in [2.05, 4.69) is 10.2 Å². The van der Waals surface area contributed by atoms with Crippen LogP contribution < -0.4 is 10.8 Å². The number of rotatable bonds is 1. The number of piperidine rings is 1. The Kier molecular flexibility index (Phi) is 4.74. The molecule has 0 aromatic carbocycles. The second kappa shape index (κ2) is 5.86. The van der Waals surface area contributed by atoms with Gasteiger partial charge < -0.3 is 14.9 Å². The maximum absolute atomic E-state index is 11.5. The molecule has 2 N–H and O–H groups in total. The molecule has 6 nitrogen and oxygen atoms in total. The lowest BCUT2D eigenvalue weighted by Crippen LogP contribution is -2.40. The van der Waals surface area contributed by atoms with Gasteiger partial charge in [0.2, 0.25) is 0 Å². The zero-order chi connectivity index (χ0) is 12.9. The lowest BCUT2D eigenvalue weighted by molar-refractivity contribution is -0.156. The molecule has 1 aliphatic rings. The molecule has 0 saturated carbocycles. The average molecular weight is 244 g/mol. The van der Waals surface area contributed by atoms with E-state index in [0.717, 1.165) is 19.4 Å². The van der Waals surface area contributed by atoms with Crippen LogP contribution >= 0.6 is 0 Å². The third-order valence-corrected chi connectivity index (χ3v) is 2.26. The SMILES string of the molecule is CC(C)(C)OC(=O)NOC(=O)C1CCCNC1. The van der Waals surface area contributed by atoms with Gasteiger partial charge in [-0.25, -0.2) is 9.59 Å². The molecule has 98 valence electrons. The lowest BCUT2D eigenvalue weighted by atomic mass is 10.0. The van der Waals surface area contributed by atoms with E-state index in [1.807, 2.05) is 5.48 Å². The minimum absolute atomic E-state index is 0.196. The zero-order valence-electron chi connectivity index (χ0n) is 10.5. The zero-order valence-corrected chi connectivity index (χ0v) is 10.5. The minimum Gasteiger partial charge on any atom is -0.442 e. The fourth-order valence-corrected chi connectivity index (χ4v) is 1.53. The van der Waals surface area contributed by atoms with Gasteiger partial charge >= 0.3 is 12.1 Å². The van der Waals surface area contributed by atoms with Crippen LogP contribution in [0.1, 0.15) is 33.6 Å². The maximum atomic E-state index is 11.5. The topological polar surface area (TPSA) is 76.7 Å². The van der Waals surface area contributed by atoms with Gasteiger partial charge in [-0.2, -0.15) is 0 Å². The normalized spacial score (nSPS) is 20.5. The molecular weight excluding hydrogens is 224 g/mol. The van der Waals surface area contributed by atoms with Gasteiger partial charge in [-0.1, -0.05) is 0 Å². The van der Waals surface area contributed by atoms with Crippen LogP contribution in [0.2, 0.25) is 0 Å². The first-order chi connectivity index (χ1) is 7.88. The van der Waals surface area contributed by atoms with Crippen LogP contribution in [-0.4, -0.2) is 30.8 Å². The van der Waals surface area contributed by atoms with Crippen molar-refractivity contribution in [2.24, 2.45) is 5.92 Å². The summed E-state index contributed by atoms with van der Waals surface area (Å²) in [4.78, 5) is 27.4. The Labute approximate surface area is 101 Å². The summed E-state index contributed by atoms with van der Waals surface area (Å²) in [6, 6.07) is 0. The molecule has 0 aliphatic carbocycles. The molecular formula is C11H20N2O4. The number of hydroxylamine groups is 1.